The third-order valence-corrected chi connectivity index (χ3v) is 7.33. The number of pyridine rings is 2. The van der Waals surface area contributed by atoms with Crippen molar-refractivity contribution in [2.24, 2.45) is 0 Å². The summed E-state index contributed by atoms with van der Waals surface area (Å²) >= 11 is 6.46. The van der Waals surface area contributed by atoms with Crippen LogP contribution >= 0.6 is 11.6 Å². The van der Waals surface area contributed by atoms with Gasteiger partial charge in [0.2, 0.25) is 0 Å². The van der Waals surface area contributed by atoms with Crippen molar-refractivity contribution in [1.82, 2.24) is 9.97 Å². The molecule has 1 saturated heterocycles. The van der Waals surface area contributed by atoms with Crippen molar-refractivity contribution in [2.75, 3.05) is 28.7 Å². The molecule has 1 aliphatic rings. The van der Waals surface area contributed by atoms with Crippen LogP contribution in [0.15, 0.2) is 73.2 Å². The molecule has 0 bridgehead atoms. The number of hydrogen-bond donors (Lipinski definition) is 1. The molecule has 172 valence electrons. The van der Waals surface area contributed by atoms with Gasteiger partial charge in [0, 0.05) is 40.8 Å². The van der Waals surface area contributed by atoms with Crippen LogP contribution in [-0.4, -0.2) is 43.4 Å². The highest BCUT2D eigenvalue weighted by Crippen LogP contribution is 2.33. The third-order valence-electron chi connectivity index (χ3n) is 5.47. The molecular weight excluding hydrogens is 476 g/mol. The summed E-state index contributed by atoms with van der Waals surface area (Å²) in [4.78, 5) is 21.5. The number of amides is 1. The highest BCUT2D eigenvalue weighted by Gasteiger charge is 2.26. The van der Waals surface area contributed by atoms with Crippen LogP contribution in [0.4, 0.5) is 11.4 Å². The number of carbonyl (C=O) groups excluding carboxylic acids is 1. The minimum atomic E-state index is -3.52. The highest BCUT2D eigenvalue weighted by atomic mass is 35.5. The van der Waals surface area contributed by atoms with Crippen LogP contribution in [-0.2, 0) is 14.8 Å². The first-order valence-corrected chi connectivity index (χ1v) is 12.4. The Morgan fingerprint density at radius 2 is 1.85 bits per heavy atom. The number of carbonyl (C=O) groups is 1. The van der Waals surface area contributed by atoms with E-state index in [4.69, 9.17) is 16.3 Å². The van der Waals surface area contributed by atoms with E-state index in [0.717, 1.165) is 10.8 Å². The van der Waals surface area contributed by atoms with Gasteiger partial charge in [0.25, 0.3) is 15.9 Å². The van der Waals surface area contributed by atoms with E-state index in [0.29, 0.717) is 39.8 Å². The molecule has 1 amide bonds. The Labute approximate surface area is 201 Å². The van der Waals surface area contributed by atoms with E-state index in [-0.39, 0.29) is 18.4 Å². The van der Waals surface area contributed by atoms with Crippen molar-refractivity contribution in [3.05, 3.63) is 83.8 Å². The fraction of sp³-hybridized carbons (Fsp3) is 0.125. The lowest BCUT2D eigenvalue weighted by Gasteiger charge is -2.28. The van der Waals surface area contributed by atoms with Crippen LogP contribution in [0.25, 0.3) is 22.0 Å². The molecule has 10 heteroatoms. The fourth-order valence-electron chi connectivity index (χ4n) is 3.80. The normalized spacial score (nSPS) is 15.3. The van der Waals surface area contributed by atoms with Crippen molar-refractivity contribution in [2.45, 2.75) is 0 Å². The molecule has 2 aromatic heterocycles. The fourth-order valence-corrected chi connectivity index (χ4v) is 5.25. The van der Waals surface area contributed by atoms with Gasteiger partial charge in [-0.3, -0.25) is 19.1 Å². The molecule has 0 spiro atoms. The van der Waals surface area contributed by atoms with Gasteiger partial charge in [-0.05, 0) is 60.0 Å². The molecule has 3 heterocycles. The average molecular weight is 495 g/mol. The number of rotatable bonds is 4. The number of hydrogen-bond acceptors (Lipinski definition) is 6. The summed E-state index contributed by atoms with van der Waals surface area (Å²) in [7, 11) is -3.52. The summed E-state index contributed by atoms with van der Waals surface area (Å²) in [6, 6.07) is 15.4. The number of benzene rings is 2. The number of anilines is 2. The number of fused-ring (bicyclic) bond motifs is 1. The average Bonchev–Trinajstić information content (AvgIpc) is 2.85. The second-order valence-electron chi connectivity index (χ2n) is 7.66. The third kappa shape index (κ3) is 4.33. The van der Waals surface area contributed by atoms with Gasteiger partial charge >= 0.3 is 0 Å². The van der Waals surface area contributed by atoms with Gasteiger partial charge in [-0.1, -0.05) is 11.6 Å². The lowest BCUT2D eigenvalue weighted by molar-refractivity contribution is 0.102. The van der Waals surface area contributed by atoms with Crippen molar-refractivity contribution in [3.63, 3.8) is 0 Å². The first kappa shape index (κ1) is 22.3. The van der Waals surface area contributed by atoms with E-state index in [2.05, 4.69) is 15.3 Å². The van der Waals surface area contributed by atoms with Gasteiger partial charge in [0.1, 0.15) is 0 Å². The number of ether oxygens (including phenoxy) is 1. The maximum atomic E-state index is 12.9. The lowest BCUT2D eigenvalue weighted by Crippen LogP contribution is -2.41. The van der Waals surface area contributed by atoms with Gasteiger partial charge in [-0.2, -0.15) is 0 Å². The van der Waals surface area contributed by atoms with Gasteiger partial charge in [0.05, 0.1) is 29.6 Å². The molecule has 8 nitrogen and oxygen atoms in total. The van der Waals surface area contributed by atoms with Crippen LogP contribution in [0.2, 0.25) is 5.02 Å². The van der Waals surface area contributed by atoms with Crippen LogP contribution < -0.4 is 9.62 Å². The molecular formula is C24H19ClN4O4S. The Kier molecular flexibility index (Phi) is 5.91. The van der Waals surface area contributed by atoms with Crippen LogP contribution in [0.5, 0.6) is 0 Å². The zero-order valence-electron chi connectivity index (χ0n) is 17.8. The summed E-state index contributed by atoms with van der Waals surface area (Å²) in [5, 5.41) is 5.19. The SMILES string of the molecule is O=C(Nc1ccc(Cl)c(-c2nccc3ccncc23)c1)c1ccc(N2CCOCS2(=O)=O)cc1. The molecule has 0 radical (unpaired) electrons. The van der Waals surface area contributed by atoms with Crippen LogP contribution in [0.3, 0.4) is 0 Å². The van der Waals surface area contributed by atoms with E-state index in [9.17, 15) is 13.2 Å². The zero-order valence-corrected chi connectivity index (χ0v) is 19.4. The van der Waals surface area contributed by atoms with Gasteiger partial charge in [-0.15, -0.1) is 0 Å². The summed E-state index contributed by atoms with van der Waals surface area (Å²) in [6.07, 6.45) is 5.15. The Hall–Kier alpha value is -3.53. The quantitative estimate of drug-likeness (QED) is 0.453. The van der Waals surface area contributed by atoms with Crippen molar-refractivity contribution < 1.29 is 17.9 Å². The van der Waals surface area contributed by atoms with Crippen LogP contribution in [0, 0.1) is 0 Å². The number of nitrogens with one attached hydrogen (secondary N) is 1. The first-order valence-electron chi connectivity index (χ1n) is 10.4. The molecule has 0 unspecified atom stereocenters. The lowest BCUT2D eigenvalue weighted by atomic mass is 10.0. The molecule has 2 aromatic carbocycles. The molecule has 0 aliphatic carbocycles. The van der Waals surface area contributed by atoms with E-state index >= 15 is 0 Å². The zero-order chi connectivity index (χ0) is 23.7. The first-order chi connectivity index (χ1) is 16.4. The Balaban J connectivity index is 1.39. The van der Waals surface area contributed by atoms with E-state index < -0.39 is 10.0 Å². The predicted octanol–water partition coefficient (Wildman–Crippen LogP) is 4.33. The van der Waals surface area contributed by atoms with Gasteiger partial charge in [0.15, 0.2) is 5.94 Å². The summed E-state index contributed by atoms with van der Waals surface area (Å²) < 4.78 is 30.7. The minimum Gasteiger partial charge on any atom is -0.362 e. The van der Waals surface area contributed by atoms with Crippen molar-refractivity contribution >= 4 is 49.7 Å². The van der Waals surface area contributed by atoms with Crippen LogP contribution in [0.1, 0.15) is 10.4 Å². The monoisotopic (exact) mass is 494 g/mol. The molecule has 0 saturated carbocycles. The molecule has 1 N–H and O–H groups in total. The van der Waals surface area contributed by atoms with E-state index in [1.165, 1.54) is 4.31 Å². The minimum absolute atomic E-state index is 0.235. The Morgan fingerprint density at radius 3 is 2.65 bits per heavy atom. The molecule has 0 atom stereocenters. The maximum Gasteiger partial charge on any atom is 0.259 e. The smallest absolute Gasteiger partial charge is 0.259 e. The molecule has 34 heavy (non-hydrogen) atoms. The highest BCUT2D eigenvalue weighted by molar-refractivity contribution is 7.92. The predicted molar refractivity (Wildman–Crippen MR) is 131 cm³/mol. The maximum absolute atomic E-state index is 12.9. The molecule has 1 aliphatic heterocycles. The second kappa shape index (κ2) is 9.02. The van der Waals surface area contributed by atoms with E-state index in [1.807, 2.05) is 12.1 Å². The summed E-state index contributed by atoms with van der Waals surface area (Å²) in [6.45, 7) is 0.557. The molecule has 4 aromatic rings. The summed E-state index contributed by atoms with van der Waals surface area (Å²) in [5.74, 6) is -0.687. The van der Waals surface area contributed by atoms with Gasteiger partial charge < -0.3 is 10.1 Å². The number of halogens is 1. The van der Waals surface area contributed by atoms with Crippen molar-refractivity contribution in [3.8, 4) is 11.3 Å². The molecule has 1 fully saturated rings. The largest absolute Gasteiger partial charge is 0.362 e. The van der Waals surface area contributed by atoms with Gasteiger partial charge in [-0.25, -0.2) is 8.42 Å². The van der Waals surface area contributed by atoms with Crippen molar-refractivity contribution in [1.29, 1.82) is 0 Å². The number of aromatic nitrogens is 2. The second-order valence-corrected chi connectivity index (χ2v) is 9.91. The molecule has 5 rings (SSSR count). The number of sulfonamides is 1. The topological polar surface area (TPSA) is 101 Å². The summed E-state index contributed by atoms with van der Waals surface area (Å²) in [5.41, 5.74) is 2.77. The van der Waals surface area contributed by atoms with E-state index in [1.54, 1.807) is 61.1 Å². The Bertz CT molecular complexity index is 1490. The number of nitrogens with zero attached hydrogens (tertiary/aromatic N) is 3. The Morgan fingerprint density at radius 1 is 1.06 bits per heavy atom. The standard InChI is InChI=1S/C24H19ClN4O4S/c25-22-6-3-18(13-20(22)23-21-14-26-9-7-16(21)8-10-27-23)28-24(30)17-1-4-19(5-2-17)29-11-12-33-15-34(29,31)32/h1-10,13-14H,11-12,15H2,(H,28,30).